The number of ether oxygens (including phenoxy) is 1. The van der Waals surface area contributed by atoms with Gasteiger partial charge in [0, 0.05) is 24.6 Å². The van der Waals surface area contributed by atoms with Gasteiger partial charge in [-0.05, 0) is 31.2 Å². The third-order valence-corrected chi connectivity index (χ3v) is 3.63. The normalized spacial score (nSPS) is 10.3. The van der Waals surface area contributed by atoms with Crippen LogP contribution in [0.5, 0.6) is 5.75 Å². The summed E-state index contributed by atoms with van der Waals surface area (Å²) in [7, 11) is 0. The van der Waals surface area contributed by atoms with Crippen molar-refractivity contribution in [2.24, 2.45) is 0 Å². The molecule has 1 rings (SSSR count). The lowest BCUT2D eigenvalue weighted by atomic mass is 10.1. The van der Waals surface area contributed by atoms with Crippen molar-refractivity contribution in [3.05, 3.63) is 23.8 Å². The fourth-order valence-corrected chi connectivity index (χ4v) is 2.44. The van der Waals surface area contributed by atoms with Crippen LogP contribution in [0.3, 0.4) is 0 Å². The highest BCUT2D eigenvalue weighted by molar-refractivity contribution is 7.99. The monoisotopic (exact) mass is 298 g/mol. The first-order valence-corrected chi connectivity index (χ1v) is 7.84. The van der Waals surface area contributed by atoms with Gasteiger partial charge in [0.05, 0.1) is 6.61 Å². The fraction of sp³-hybridized carbons (Fsp3) is 0.500. The lowest BCUT2D eigenvalue weighted by molar-refractivity contribution is 0.0953. The van der Waals surface area contributed by atoms with Gasteiger partial charge in [0.2, 0.25) is 0 Å². The van der Waals surface area contributed by atoms with E-state index in [0.717, 1.165) is 17.9 Å². The molecule has 1 aromatic rings. The zero-order chi connectivity index (χ0) is 14.8. The van der Waals surface area contributed by atoms with E-state index < -0.39 is 0 Å². The second-order valence-electron chi connectivity index (χ2n) is 4.10. The average Bonchev–Trinajstić information content (AvgIpc) is 2.43. The Balaban J connectivity index is 2.50. The van der Waals surface area contributed by atoms with Crippen LogP contribution >= 0.6 is 11.8 Å². The number of aliphatic hydroxyl groups excluding tert-OH is 1. The standard InChI is InChI=1S/C14H22N2O3S/c1-2-19-12-6-3-5-11(15)13(12)14(18)16-7-10-20-9-4-8-17/h3,5-6,17H,2,4,7-10,15H2,1H3,(H,16,18). The summed E-state index contributed by atoms with van der Waals surface area (Å²) in [6.45, 7) is 3.12. The second-order valence-corrected chi connectivity index (χ2v) is 5.32. The van der Waals surface area contributed by atoms with E-state index in [4.69, 9.17) is 15.6 Å². The van der Waals surface area contributed by atoms with Gasteiger partial charge in [0.25, 0.3) is 5.91 Å². The fourth-order valence-electron chi connectivity index (χ4n) is 1.66. The summed E-state index contributed by atoms with van der Waals surface area (Å²) in [4.78, 5) is 12.1. The lowest BCUT2D eigenvalue weighted by Gasteiger charge is -2.12. The van der Waals surface area contributed by atoms with E-state index in [1.165, 1.54) is 0 Å². The number of amides is 1. The number of aliphatic hydroxyl groups is 1. The Morgan fingerprint density at radius 3 is 2.95 bits per heavy atom. The third kappa shape index (κ3) is 5.30. The summed E-state index contributed by atoms with van der Waals surface area (Å²) in [5.74, 6) is 2.00. The summed E-state index contributed by atoms with van der Waals surface area (Å²) in [5.41, 5.74) is 6.66. The van der Waals surface area contributed by atoms with Crippen LogP contribution in [0.4, 0.5) is 5.69 Å². The van der Waals surface area contributed by atoms with Crippen molar-refractivity contribution >= 4 is 23.4 Å². The molecule has 0 spiro atoms. The molecule has 0 saturated carbocycles. The predicted molar refractivity (Wildman–Crippen MR) is 83.4 cm³/mol. The van der Waals surface area contributed by atoms with Crippen LogP contribution < -0.4 is 15.8 Å². The molecule has 4 N–H and O–H groups in total. The molecule has 6 heteroatoms. The minimum absolute atomic E-state index is 0.206. The molecule has 0 saturated heterocycles. The van der Waals surface area contributed by atoms with E-state index in [0.29, 0.717) is 30.2 Å². The first kappa shape index (κ1) is 16.7. The first-order chi connectivity index (χ1) is 9.70. The van der Waals surface area contributed by atoms with Crippen LogP contribution in [0, 0.1) is 0 Å². The van der Waals surface area contributed by atoms with Gasteiger partial charge in [-0.15, -0.1) is 0 Å². The number of rotatable bonds is 9. The van der Waals surface area contributed by atoms with Crippen LogP contribution in [0.1, 0.15) is 23.7 Å². The van der Waals surface area contributed by atoms with Gasteiger partial charge < -0.3 is 20.9 Å². The van der Waals surface area contributed by atoms with Crippen molar-refractivity contribution in [2.45, 2.75) is 13.3 Å². The number of nitrogen functional groups attached to an aromatic ring is 1. The molecule has 1 amide bonds. The first-order valence-electron chi connectivity index (χ1n) is 6.68. The summed E-state index contributed by atoms with van der Waals surface area (Å²) in [6.07, 6.45) is 0.777. The zero-order valence-corrected chi connectivity index (χ0v) is 12.5. The minimum Gasteiger partial charge on any atom is -0.493 e. The molecule has 112 valence electrons. The number of carbonyl (C=O) groups excluding carboxylic acids is 1. The van der Waals surface area contributed by atoms with Crippen LogP contribution in [0.15, 0.2) is 18.2 Å². The van der Waals surface area contributed by atoms with Crippen molar-refractivity contribution in [2.75, 3.05) is 37.0 Å². The van der Waals surface area contributed by atoms with Crippen molar-refractivity contribution in [3.63, 3.8) is 0 Å². The molecule has 0 atom stereocenters. The van der Waals surface area contributed by atoms with E-state index in [2.05, 4.69) is 5.32 Å². The molecule has 0 aliphatic carbocycles. The van der Waals surface area contributed by atoms with Crippen LogP contribution in [-0.4, -0.2) is 42.3 Å². The molecule has 0 aliphatic rings. The molecule has 20 heavy (non-hydrogen) atoms. The Morgan fingerprint density at radius 1 is 1.45 bits per heavy atom. The minimum atomic E-state index is -0.214. The number of nitrogens with two attached hydrogens (primary N) is 1. The zero-order valence-electron chi connectivity index (χ0n) is 11.7. The Hall–Kier alpha value is -1.40. The highest BCUT2D eigenvalue weighted by Gasteiger charge is 2.15. The van der Waals surface area contributed by atoms with Gasteiger partial charge in [-0.2, -0.15) is 11.8 Å². The Bertz CT molecular complexity index is 427. The van der Waals surface area contributed by atoms with Crippen molar-refractivity contribution in [1.82, 2.24) is 5.32 Å². The number of hydrogen-bond acceptors (Lipinski definition) is 5. The maximum absolute atomic E-state index is 12.1. The molecule has 0 aliphatic heterocycles. The van der Waals surface area contributed by atoms with Gasteiger partial charge in [-0.3, -0.25) is 4.79 Å². The third-order valence-electron chi connectivity index (χ3n) is 2.56. The van der Waals surface area contributed by atoms with Gasteiger partial charge in [0.15, 0.2) is 0 Å². The van der Waals surface area contributed by atoms with Crippen LogP contribution in [0.25, 0.3) is 0 Å². The number of thioether (sulfide) groups is 1. The summed E-state index contributed by atoms with van der Waals surface area (Å²) >= 11 is 1.70. The summed E-state index contributed by atoms with van der Waals surface area (Å²) in [5, 5.41) is 11.5. The van der Waals surface area contributed by atoms with E-state index in [1.807, 2.05) is 6.92 Å². The molecule has 1 aromatic carbocycles. The van der Waals surface area contributed by atoms with E-state index in [9.17, 15) is 4.79 Å². The quantitative estimate of drug-likeness (QED) is 0.475. The Labute approximate surface area is 123 Å². The van der Waals surface area contributed by atoms with Crippen molar-refractivity contribution < 1.29 is 14.6 Å². The smallest absolute Gasteiger partial charge is 0.257 e. The predicted octanol–water partition coefficient (Wildman–Crippen LogP) is 1.51. The molecule has 0 heterocycles. The van der Waals surface area contributed by atoms with Gasteiger partial charge in [-0.25, -0.2) is 0 Å². The van der Waals surface area contributed by atoms with E-state index >= 15 is 0 Å². The second kappa shape index (κ2) is 9.50. The molecule has 0 fully saturated rings. The maximum Gasteiger partial charge on any atom is 0.257 e. The van der Waals surface area contributed by atoms with Gasteiger partial charge in [0.1, 0.15) is 11.3 Å². The van der Waals surface area contributed by atoms with Crippen LogP contribution in [-0.2, 0) is 0 Å². The van der Waals surface area contributed by atoms with Crippen molar-refractivity contribution in [1.29, 1.82) is 0 Å². The molecule has 0 bridgehead atoms. The summed E-state index contributed by atoms with van der Waals surface area (Å²) < 4.78 is 5.42. The number of hydrogen-bond donors (Lipinski definition) is 3. The molecule has 0 radical (unpaired) electrons. The Morgan fingerprint density at radius 2 is 2.25 bits per heavy atom. The SMILES string of the molecule is CCOc1cccc(N)c1C(=O)NCCSCCCO. The molecular weight excluding hydrogens is 276 g/mol. The lowest BCUT2D eigenvalue weighted by Crippen LogP contribution is -2.27. The number of nitrogens with one attached hydrogen (secondary N) is 1. The maximum atomic E-state index is 12.1. The van der Waals surface area contributed by atoms with E-state index in [1.54, 1.807) is 30.0 Å². The highest BCUT2D eigenvalue weighted by Crippen LogP contribution is 2.24. The van der Waals surface area contributed by atoms with Crippen molar-refractivity contribution in [3.8, 4) is 5.75 Å². The van der Waals surface area contributed by atoms with E-state index in [-0.39, 0.29) is 12.5 Å². The number of benzene rings is 1. The largest absolute Gasteiger partial charge is 0.493 e. The Kier molecular flexibility index (Phi) is 7.91. The molecule has 0 aromatic heterocycles. The average molecular weight is 298 g/mol. The molecular formula is C14H22N2O3S. The van der Waals surface area contributed by atoms with Gasteiger partial charge in [-0.1, -0.05) is 6.07 Å². The topological polar surface area (TPSA) is 84.6 Å². The highest BCUT2D eigenvalue weighted by atomic mass is 32.2. The summed E-state index contributed by atoms with van der Waals surface area (Å²) in [6, 6.07) is 5.19. The van der Waals surface area contributed by atoms with Crippen LogP contribution in [0.2, 0.25) is 0 Å². The molecule has 0 unspecified atom stereocenters. The number of anilines is 1. The molecule has 5 nitrogen and oxygen atoms in total. The number of carbonyl (C=O) groups is 1. The van der Waals surface area contributed by atoms with Gasteiger partial charge >= 0.3 is 0 Å².